The molecule has 14 rings (SSSR count). The second-order valence-electron chi connectivity index (χ2n) is 27.0. The van der Waals surface area contributed by atoms with Crippen LogP contribution < -0.4 is 15.6 Å². The lowest BCUT2D eigenvalue weighted by molar-refractivity contribution is 0.590. The van der Waals surface area contributed by atoms with E-state index in [1.807, 2.05) is 34.0 Å². The molecule has 13 aromatic rings. The number of allylic oxidation sites excluding steroid dienone is 1. The zero-order valence-electron chi connectivity index (χ0n) is 48.7. The Morgan fingerprint density at radius 2 is 1.04 bits per heavy atom. The average molecular weight is 1100 g/mol. The number of anilines is 2. The summed E-state index contributed by atoms with van der Waals surface area (Å²) in [4.78, 5) is 0. The van der Waals surface area contributed by atoms with E-state index in [-0.39, 0.29) is 21.7 Å². The standard InChI is InChI=1S/C75H68BN2S3/c1-72(2,3)47-22-17-43(18-23-47)35-46(45-20-24-48(25-21-45)73(4,5)6)36-44-19-31-53-58-39-56(61(42-67(58)80-65(53)37-44)77-51-29-26-49(27-30-51)74(7,8)9)54-32-33-55-57-41-66-59(52-15-13-14-16-63(52)79-66)40-62(57)78-69(55)68(54)76-71-70(78)60-38-50(75(10,11)12)28-34-64(60)81-71/h13-35,37-42,77H,36H2,1-12H3/b46-35-. The molecule has 0 saturated heterocycles. The fourth-order valence-corrected chi connectivity index (χ4v) is 15.9. The second-order valence-corrected chi connectivity index (χ2v) is 30.2. The Hall–Kier alpha value is -7.22. The molecule has 0 aliphatic carbocycles. The van der Waals surface area contributed by atoms with Gasteiger partial charge in [-0.15, -0.1) is 34.0 Å². The molecule has 0 spiro atoms. The molecule has 9 aromatic carbocycles. The molecule has 0 fully saturated rings. The van der Waals surface area contributed by atoms with Gasteiger partial charge >= 0.3 is 0 Å². The smallest absolute Gasteiger partial charge is 0.211 e. The highest BCUT2D eigenvalue weighted by Crippen LogP contribution is 2.47. The number of nitrogens with zero attached hydrogens (tertiary/aromatic N) is 1. The second kappa shape index (κ2) is 18.7. The van der Waals surface area contributed by atoms with Crippen molar-refractivity contribution >= 4 is 147 Å². The molecule has 0 bridgehead atoms. The molecule has 0 amide bonds. The van der Waals surface area contributed by atoms with Crippen molar-refractivity contribution in [1.82, 2.24) is 4.57 Å². The summed E-state index contributed by atoms with van der Waals surface area (Å²) in [6.07, 6.45) is 3.22. The maximum absolute atomic E-state index is 4.03. The van der Waals surface area contributed by atoms with Crippen LogP contribution >= 0.6 is 34.0 Å². The summed E-state index contributed by atoms with van der Waals surface area (Å²) in [7, 11) is 2.52. The number of rotatable bonds is 7. The Kier molecular flexibility index (Phi) is 12.0. The molecule has 1 radical (unpaired) electrons. The van der Waals surface area contributed by atoms with E-state index >= 15 is 0 Å². The fraction of sp³-hybridized carbons (Fsp3) is 0.227. The normalized spacial score (nSPS) is 13.4. The molecule has 399 valence electrons. The molecule has 4 aromatic heterocycles. The molecule has 1 aliphatic heterocycles. The molecular weight excluding hydrogens is 1040 g/mol. The third-order valence-corrected chi connectivity index (χ3v) is 20.5. The minimum atomic E-state index is 0.0170. The van der Waals surface area contributed by atoms with Gasteiger partial charge in [-0.3, -0.25) is 0 Å². The lowest BCUT2D eigenvalue weighted by Gasteiger charge is -2.23. The Morgan fingerprint density at radius 3 is 1.74 bits per heavy atom. The van der Waals surface area contributed by atoms with E-state index in [4.69, 9.17) is 0 Å². The first kappa shape index (κ1) is 51.9. The van der Waals surface area contributed by atoms with Gasteiger partial charge in [0.25, 0.3) is 0 Å². The summed E-state index contributed by atoms with van der Waals surface area (Å²) in [6, 6.07) is 65.6. The van der Waals surface area contributed by atoms with Gasteiger partial charge in [-0.25, -0.2) is 0 Å². The molecule has 0 saturated carbocycles. The van der Waals surface area contributed by atoms with Gasteiger partial charge in [-0.2, -0.15) is 0 Å². The Morgan fingerprint density at radius 1 is 0.457 bits per heavy atom. The summed E-state index contributed by atoms with van der Waals surface area (Å²) in [6.45, 7) is 27.6. The highest BCUT2D eigenvalue weighted by atomic mass is 32.1. The van der Waals surface area contributed by atoms with Gasteiger partial charge in [0.15, 0.2) is 0 Å². The average Bonchev–Trinajstić information content (AvgIpc) is 2.42. The summed E-state index contributed by atoms with van der Waals surface area (Å²) in [5.74, 6) is 0. The van der Waals surface area contributed by atoms with Gasteiger partial charge in [-0.1, -0.05) is 198 Å². The third kappa shape index (κ3) is 9.05. The SMILES string of the molecule is CC(C)(C)c1ccc(/C=C(/Cc2ccc3c(c2)sc2cc(Nc4ccc(C(C)(C)C)cc4)c(-c4ccc5c6cc7sc8ccccc8c7cc6n6c5c4[B]c4sc5ccc(C(C)(C)C)cc5c4-6)cc23)c2ccc(C(C)(C)C)cc2)cc1. The summed E-state index contributed by atoms with van der Waals surface area (Å²) in [5.41, 5.74) is 20.5. The topological polar surface area (TPSA) is 17.0 Å². The number of hydrogen-bond donors (Lipinski definition) is 1. The molecule has 6 heteroatoms. The predicted molar refractivity (Wildman–Crippen MR) is 361 cm³/mol. The van der Waals surface area contributed by atoms with Crippen LogP contribution in [0.2, 0.25) is 0 Å². The first-order valence-corrected chi connectivity index (χ1v) is 31.2. The summed E-state index contributed by atoms with van der Waals surface area (Å²) < 4.78 is 10.5. The lowest BCUT2D eigenvalue weighted by atomic mass is 9.63. The van der Waals surface area contributed by atoms with Crippen molar-refractivity contribution in [3.8, 4) is 16.8 Å². The molecule has 0 atom stereocenters. The van der Waals surface area contributed by atoms with E-state index in [1.54, 1.807) is 0 Å². The van der Waals surface area contributed by atoms with Crippen molar-refractivity contribution in [3.05, 3.63) is 209 Å². The van der Waals surface area contributed by atoms with E-state index < -0.39 is 0 Å². The monoisotopic (exact) mass is 1100 g/mol. The first-order chi connectivity index (χ1) is 38.6. The van der Waals surface area contributed by atoms with Crippen molar-refractivity contribution in [2.24, 2.45) is 0 Å². The molecule has 1 aliphatic rings. The van der Waals surface area contributed by atoms with Crippen LogP contribution in [0.3, 0.4) is 0 Å². The molecular formula is C75H68BN2S3. The predicted octanol–water partition coefficient (Wildman–Crippen LogP) is 21.1. The number of benzene rings is 9. The van der Waals surface area contributed by atoms with E-state index in [0.29, 0.717) is 0 Å². The minimum absolute atomic E-state index is 0.0170. The zero-order chi connectivity index (χ0) is 56.1. The molecule has 1 N–H and O–H groups in total. The molecule has 2 nitrogen and oxygen atoms in total. The number of hydrogen-bond acceptors (Lipinski definition) is 4. The van der Waals surface area contributed by atoms with Gasteiger partial charge in [0, 0.05) is 83.7 Å². The van der Waals surface area contributed by atoms with Crippen LogP contribution in [-0.4, -0.2) is 11.8 Å². The number of fused-ring (bicyclic) bond motifs is 13. The van der Waals surface area contributed by atoms with Crippen molar-refractivity contribution in [1.29, 1.82) is 0 Å². The van der Waals surface area contributed by atoms with Crippen molar-refractivity contribution in [3.63, 3.8) is 0 Å². The largest absolute Gasteiger partial charge is 0.355 e. The van der Waals surface area contributed by atoms with Crippen LogP contribution in [0.5, 0.6) is 0 Å². The first-order valence-electron chi connectivity index (χ1n) is 28.7. The number of thiophene rings is 3. The fourth-order valence-electron chi connectivity index (χ4n) is 12.4. The van der Waals surface area contributed by atoms with Crippen LogP contribution in [0.1, 0.15) is 122 Å². The number of aromatic nitrogens is 1. The summed E-state index contributed by atoms with van der Waals surface area (Å²) in [5, 5.41) is 13.2. The van der Waals surface area contributed by atoms with Crippen molar-refractivity contribution in [2.75, 3.05) is 5.32 Å². The van der Waals surface area contributed by atoms with Gasteiger partial charge in [0.05, 0.1) is 11.2 Å². The number of nitrogens with one attached hydrogen (secondary N) is 1. The van der Waals surface area contributed by atoms with Crippen LogP contribution in [0.15, 0.2) is 170 Å². The van der Waals surface area contributed by atoms with Crippen LogP contribution in [-0.2, 0) is 28.1 Å². The van der Waals surface area contributed by atoms with Crippen LogP contribution in [0.25, 0.3) is 101 Å². The molecule has 0 unspecified atom stereocenters. The Labute approximate surface area is 490 Å². The maximum Gasteiger partial charge on any atom is 0.211 e. The van der Waals surface area contributed by atoms with Gasteiger partial charge in [-0.05, 0) is 149 Å². The Bertz CT molecular complexity index is 4720. The highest BCUT2D eigenvalue weighted by molar-refractivity contribution is 7.29. The Balaban J connectivity index is 0.954. The van der Waals surface area contributed by atoms with Gasteiger partial charge < -0.3 is 9.88 Å². The van der Waals surface area contributed by atoms with Gasteiger partial charge in [0.2, 0.25) is 7.28 Å². The molecule has 81 heavy (non-hydrogen) atoms. The maximum atomic E-state index is 4.03. The molecule has 5 heterocycles. The van der Waals surface area contributed by atoms with Crippen LogP contribution in [0, 0.1) is 0 Å². The van der Waals surface area contributed by atoms with Crippen LogP contribution in [0.4, 0.5) is 11.4 Å². The lowest BCUT2D eigenvalue weighted by Crippen LogP contribution is -2.35. The van der Waals surface area contributed by atoms with Crippen molar-refractivity contribution < 1.29 is 0 Å². The van der Waals surface area contributed by atoms with Gasteiger partial charge in [0.1, 0.15) is 0 Å². The van der Waals surface area contributed by atoms with E-state index in [9.17, 15) is 0 Å². The third-order valence-electron chi connectivity index (χ3n) is 17.1. The van der Waals surface area contributed by atoms with E-state index in [0.717, 1.165) is 17.8 Å². The zero-order valence-corrected chi connectivity index (χ0v) is 51.1. The highest BCUT2D eigenvalue weighted by Gasteiger charge is 2.31. The van der Waals surface area contributed by atoms with E-state index in [1.165, 1.54) is 144 Å². The van der Waals surface area contributed by atoms with E-state index in [2.05, 4.69) is 276 Å². The summed E-state index contributed by atoms with van der Waals surface area (Å²) >= 11 is 5.73. The minimum Gasteiger partial charge on any atom is -0.355 e. The van der Waals surface area contributed by atoms with Crippen molar-refractivity contribution in [2.45, 2.75) is 111 Å². The quantitative estimate of drug-likeness (QED) is 0.124.